The van der Waals surface area contributed by atoms with Crippen LogP contribution in [0, 0.1) is 0 Å². The Hall–Kier alpha value is -2.07. The standard InChI is InChI=1S/C13H10ClNO3/c1-15-7-11(13(17)18)10(6-12(15)16)8-3-2-4-9(14)5-8/h2-7H,1H3,(H,17,18). The van der Waals surface area contributed by atoms with Crippen LogP contribution in [0.15, 0.2) is 41.3 Å². The summed E-state index contributed by atoms with van der Waals surface area (Å²) in [5.41, 5.74) is 0.778. The maximum atomic E-state index is 11.6. The summed E-state index contributed by atoms with van der Waals surface area (Å²) in [5, 5.41) is 9.65. The van der Waals surface area contributed by atoms with Gasteiger partial charge in [0.15, 0.2) is 0 Å². The lowest BCUT2D eigenvalue weighted by Gasteiger charge is -2.08. The van der Waals surface area contributed by atoms with Gasteiger partial charge in [0.1, 0.15) is 0 Å². The van der Waals surface area contributed by atoms with Crippen molar-refractivity contribution in [3.8, 4) is 11.1 Å². The molecule has 1 aromatic heterocycles. The quantitative estimate of drug-likeness (QED) is 0.905. The number of carbonyl (C=O) groups is 1. The molecule has 0 saturated heterocycles. The Morgan fingerprint density at radius 3 is 2.67 bits per heavy atom. The number of hydrogen-bond donors (Lipinski definition) is 1. The van der Waals surface area contributed by atoms with Crippen molar-refractivity contribution in [3.05, 3.63) is 57.5 Å². The summed E-state index contributed by atoms with van der Waals surface area (Å²) in [4.78, 5) is 22.8. The van der Waals surface area contributed by atoms with Gasteiger partial charge in [-0.05, 0) is 17.7 Å². The number of aryl methyl sites for hydroxylation is 1. The van der Waals surface area contributed by atoms with Crippen molar-refractivity contribution < 1.29 is 9.90 Å². The smallest absolute Gasteiger partial charge is 0.337 e. The molecule has 1 heterocycles. The average Bonchev–Trinajstić information content (AvgIpc) is 2.31. The van der Waals surface area contributed by atoms with Crippen LogP contribution in [0.2, 0.25) is 5.02 Å². The maximum Gasteiger partial charge on any atom is 0.337 e. The van der Waals surface area contributed by atoms with Crippen molar-refractivity contribution in [1.82, 2.24) is 4.57 Å². The van der Waals surface area contributed by atoms with Gasteiger partial charge in [0, 0.05) is 29.9 Å². The molecule has 92 valence electrons. The number of pyridine rings is 1. The molecule has 2 rings (SSSR count). The van der Waals surface area contributed by atoms with E-state index in [-0.39, 0.29) is 11.1 Å². The van der Waals surface area contributed by atoms with Crippen LogP contribution in [0.3, 0.4) is 0 Å². The minimum Gasteiger partial charge on any atom is -0.478 e. The Balaban J connectivity index is 2.74. The zero-order chi connectivity index (χ0) is 13.3. The highest BCUT2D eigenvalue weighted by Crippen LogP contribution is 2.24. The minimum absolute atomic E-state index is 0.0689. The molecule has 0 spiro atoms. The summed E-state index contributed by atoms with van der Waals surface area (Å²) in [5.74, 6) is -1.08. The molecule has 0 aliphatic rings. The summed E-state index contributed by atoms with van der Waals surface area (Å²) in [6.07, 6.45) is 1.31. The summed E-state index contributed by atoms with van der Waals surface area (Å²) >= 11 is 5.87. The third-order valence-electron chi connectivity index (χ3n) is 2.59. The molecule has 0 radical (unpaired) electrons. The SMILES string of the molecule is Cn1cc(C(=O)O)c(-c2cccc(Cl)c2)cc1=O. The molecule has 18 heavy (non-hydrogen) atoms. The Bertz CT molecular complexity index is 676. The van der Waals surface area contributed by atoms with Crippen molar-refractivity contribution >= 4 is 17.6 Å². The molecule has 2 aromatic rings. The first kappa shape index (κ1) is 12.4. The number of aromatic carboxylic acids is 1. The highest BCUT2D eigenvalue weighted by molar-refractivity contribution is 6.30. The first-order valence-corrected chi connectivity index (χ1v) is 5.57. The fourth-order valence-electron chi connectivity index (χ4n) is 1.70. The fourth-order valence-corrected chi connectivity index (χ4v) is 1.89. The Labute approximate surface area is 108 Å². The summed E-state index contributed by atoms with van der Waals surface area (Å²) in [6.45, 7) is 0. The third kappa shape index (κ3) is 2.28. The predicted octanol–water partition coefficient (Wildman–Crippen LogP) is 2.40. The van der Waals surface area contributed by atoms with Crippen molar-refractivity contribution in [2.75, 3.05) is 0 Å². The number of benzene rings is 1. The molecular weight excluding hydrogens is 254 g/mol. The molecule has 0 fully saturated rings. The lowest BCUT2D eigenvalue weighted by atomic mass is 10.0. The fraction of sp³-hybridized carbons (Fsp3) is 0.0769. The van der Waals surface area contributed by atoms with E-state index in [1.54, 1.807) is 24.3 Å². The molecule has 1 N–H and O–H groups in total. The highest BCUT2D eigenvalue weighted by atomic mass is 35.5. The molecule has 1 aromatic carbocycles. The van der Waals surface area contributed by atoms with Gasteiger partial charge in [-0.3, -0.25) is 4.79 Å². The van der Waals surface area contributed by atoms with Gasteiger partial charge in [-0.25, -0.2) is 4.79 Å². The van der Waals surface area contributed by atoms with Crippen LogP contribution in [0.5, 0.6) is 0 Å². The van der Waals surface area contributed by atoms with Crippen molar-refractivity contribution in [2.24, 2.45) is 7.05 Å². The van der Waals surface area contributed by atoms with Crippen LogP contribution in [0.4, 0.5) is 0 Å². The Kier molecular flexibility index (Phi) is 3.21. The molecule has 5 heteroatoms. The lowest BCUT2D eigenvalue weighted by Crippen LogP contribution is -2.18. The second-order valence-corrected chi connectivity index (χ2v) is 4.30. The van der Waals surface area contributed by atoms with E-state index >= 15 is 0 Å². The van der Waals surface area contributed by atoms with Gasteiger partial charge in [-0.2, -0.15) is 0 Å². The average molecular weight is 264 g/mol. The number of halogens is 1. The number of aromatic nitrogens is 1. The van der Waals surface area contributed by atoms with Crippen LogP contribution in [0.25, 0.3) is 11.1 Å². The second kappa shape index (κ2) is 4.66. The van der Waals surface area contributed by atoms with E-state index in [0.29, 0.717) is 16.1 Å². The van der Waals surface area contributed by atoms with E-state index < -0.39 is 5.97 Å². The Morgan fingerprint density at radius 2 is 2.06 bits per heavy atom. The number of rotatable bonds is 2. The van der Waals surface area contributed by atoms with Crippen LogP contribution in [-0.2, 0) is 7.05 Å². The summed E-state index contributed by atoms with van der Waals surface area (Å²) in [6, 6.07) is 8.04. The molecule has 0 bridgehead atoms. The molecule has 0 aliphatic heterocycles. The second-order valence-electron chi connectivity index (χ2n) is 3.87. The van der Waals surface area contributed by atoms with Crippen LogP contribution in [0.1, 0.15) is 10.4 Å². The van der Waals surface area contributed by atoms with E-state index in [2.05, 4.69) is 0 Å². The first-order valence-electron chi connectivity index (χ1n) is 5.19. The summed E-state index contributed by atoms with van der Waals surface area (Å²) in [7, 11) is 1.51. The van der Waals surface area contributed by atoms with Crippen molar-refractivity contribution in [2.45, 2.75) is 0 Å². The summed E-state index contributed by atoms with van der Waals surface area (Å²) < 4.78 is 1.23. The number of hydrogen-bond acceptors (Lipinski definition) is 2. The topological polar surface area (TPSA) is 59.3 Å². The van der Waals surface area contributed by atoms with Crippen molar-refractivity contribution in [3.63, 3.8) is 0 Å². The first-order chi connectivity index (χ1) is 8.49. The normalized spacial score (nSPS) is 10.3. The highest BCUT2D eigenvalue weighted by Gasteiger charge is 2.13. The van der Waals surface area contributed by atoms with Gasteiger partial charge >= 0.3 is 5.97 Å². The van der Waals surface area contributed by atoms with E-state index in [1.165, 1.54) is 23.9 Å². The molecule has 4 nitrogen and oxygen atoms in total. The third-order valence-corrected chi connectivity index (χ3v) is 2.83. The van der Waals surface area contributed by atoms with Gasteiger partial charge < -0.3 is 9.67 Å². The lowest BCUT2D eigenvalue weighted by molar-refractivity contribution is 0.0697. The number of carboxylic acid groups (broad SMARTS) is 1. The van der Waals surface area contributed by atoms with Crippen LogP contribution < -0.4 is 5.56 Å². The molecule has 0 unspecified atom stereocenters. The minimum atomic E-state index is -1.08. The van der Waals surface area contributed by atoms with Gasteiger partial charge in [0.05, 0.1) is 5.56 Å². The van der Waals surface area contributed by atoms with E-state index in [0.717, 1.165) is 0 Å². The largest absolute Gasteiger partial charge is 0.478 e. The number of nitrogens with zero attached hydrogens (tertiary/aromatic N) is 1. The van der Waals surface area contributed by atoms with Gasteiger partial charge in [-0.1, -0.05) is 23.7 Å². The zero-order valence-electron chi connectivity index (χ0n) is 9.55. The van der Waals surface area contributed by atoms with Gasteiger partial charge in [-0.15, -0.1) is 0 Å². The van der Waals surface area contributed by atoms with Gasteiger partial charge in [0.2, 0.25) is 0 Å². The zero-order valence-corrected chi connectivity index (χ0v) is 10.3. The van der Waals surface area contributed by atoms with Gasteiger partial charge in [0.25, 0.3) is 5.56 Å². The van der Waals surface area contributed by atoms with Crippen LogP contribution >= 0.6 is 11.6 Å². The van der Waals surface area contributed by atoms with E-state index in [1.807, 2.05) is 0 Å². The van der Waals surface area contributed by atoms with Crippen molar-refractivity contribution in [1.29, 1.82) is 0 Å². The molecule has 0 amide bonds. The maximum absolute atomic E-state index is 11.6. The number of carboxylic acids is 1. The van der Waals surface area contributed by atoms with Crippen LogP contribution in [-0.4, -0.2) is 15.6 Å². The van der Waals surface area contributed by atoms with E-state index in [4.69, 9.17) is 16.7 Å². The monoisotopic (exact) mass is 263 g/mol. The van der Waals surface area contributed by atoms with E-state index in [9.17, 15) is 9.59 Å². The Morgan fingerprint density at radius 1 is 1.33 bits per heavy atom. The predicted molar refractivity (Wildman–Crippen MR) is 69.1 cm³/mol. The molecule has 0 aliphatic carbocycles. The molecular formula is C13H10ClNO3. The molecule has 0 saturated carbocycles. The molecule has 0 atom stereocenters.